The predicted molar refractivity (Wildman–Crippen MR) is 125 cm³/mol. The third-order valence-electron chi connectivity index (χ3n) is 5.70. The van der Waals surface area contributed by atoms with Gasteiger partial charge in [0.15, 0.2) is 0 Å². The molecule has 0 aliphatic carbocycles. The van der Waals surface area contributed by atoms with Crippen molar-refractivity contribution in [2.45, 2.75) is 78.0 Å². The van der Waals surface area contributed by atoms with Crippen LogP contribution in [0.5, 0.6) is 5.75 Å². The minimum Gasteiger partial charge on any atom is -0.497 e. The number of ether oxygens (including phenoxy) is 1. The highest BCUT2D eigenvalue weighted by molar-refractivity contribution is 6.62. The lowest BCUT2D eigenvalue weighted by atomic mass is 9.79. The maximum atomic E-state index is 8.00. The van der Waals surface area contributed by atoms with E-state index < -0.39 is 0 Å². The molecule has 2 saturated heterocycles. The molecule has 0 bridgehead atoms. The summed E-state index contributed by atoms with van der Waals surface area (Å²) >= 11 is 0. The van der Waals surface area contributed by atoms with Gasteiger partial charge in [0.1, 0.15) is 12.5 Å². The van der Waals surface area contributed by atoms with Crippen molar-refractivity contribution in [1.82, 2.24) is 4.90 Å². The van der Waals surface area contributed by atoms with Crippen LogP contribution in [0.1, 0.15) is 61.3 Å². The zero-order chi connectivity index (χ0) is 23.6. The summed E-state index contributed by atoms with van der Waals surface area (Å²) in [5.41, 5.74) is 0.843. The molecule has 172 valence electrons. The molecule has 1 N–H and O–H groups in total. The van der Waals surface area contributed by atoms with E-state index in [0.717, 1.165) is 18.3 Å². The molecule has 0 atom stereocenters. The number of nitrogens with zero attached hydrogens (tertiary/aromatic N) is 1. The van der Waals surface area contributed by atoms with E-state index in [1.54, 1.807) is 7.11 Å². The number of methoxy groups -OCH3 is 1. The summed E-state index contributed by atoms with van der Waals surface area (Å²) in [5, 5.41) is 7.00. The lowest BCUT2D eigenvalue weighted by Crippen LogP contribution is -2.41. The number of rotatable bonds is 2. The van der Waals surface area contributed by atoms with Crippen LogP contribution in [-0.2, 0) is 14.1 Å². The second-order valence-electron chi connectivity index (χ2n) is 9.23. The van der Waals surface area contributed by atoms with Gasteiger partial charge in [-0.25, -0.2) is 0 Å². The number of hydrogen-bond donors (Lipinski definition) is 1. The summed E-state index contributed by atoms with van der Waals surface area (Å²) in [7, 11) is 2.36. The Kier molecular flexibility index (Phi) is 11.9. The number of carbonyl (C=O) groups excluding carboxylic acids is 1. The molecule has 2 heterocycles. The van der Waals surface area contributed by atoms with Gasteiger partial charge in [-0.15, -0.1) is 0 Å². The Bertz CT molecular complexity index is 577. The fourth-order valence-electron chi connectivity index (χ4n) is 3.13. The smallest absolute Gasteiger partial charge is 0.494 e. The van der Waals surface area contributed by atoms with E-state index in [4.69, 9.17) is 23.9 Å². The van der Waals surface area contributed by atoms with Crippen molar-refractivity contribution in [1.29, 1.82) is 0 Å². The Morgan fingerprint density at radius 3 is 1.67 bits per heavy atom. The molecule has 1 aromatic rings. The lowest BCUT2D eigenvalue weighted by Gasteiger charge is -2.32. The van der Waals surface area contributed by atoms with Crippen LogP contribution in [0.25, 0.3) is 0 Å². The van der Waals surface area contributed by atoms with Crippen molar-refractivity contribution in [2.24, 2.45) is 0 Å². The highest BCUT2D eigenvalue weighted by Gasteiger charge is 2.51. The van der Waals surface area contributed by atoms with Crippen molar-refractivity contribution < 1.29 is 23.9 Å². The van der Waals surface area contributed by atoms with Crippen LogP contribution in [-0.4, -0.2) is 68.0 Å². The van der Waals surface area contributed by atoms with Crippen molar-refractivity contribution in [3.63, 3.8) is 0 Å². The number of aliphatic hydroxyl groups excluding tert-OH is 1. The van der Waals surface area contributed by atoms with Crippen LogP contribution >= 0.6 is 0 Å². The Hall–Kier alpha value is -1.41. The van der Waals surface area contributed by atoms with Crippen molar-refractivity contribution in [3.8, 4) is 5.75 Å². The third kappa shape index (κ3) is 8.02. The first kappa shape index (κ1) is 28.6. The largest absolute Gasteiger partial charge is 0.497 e. The zero-order valence-corrected chi connectivity index (χ0v) is 20.4. The van der Waals surface area contributed by atoms with Gasteiger partial charge in [-0.05, 0) is 92.0 Å². The SMILES string of the molecule is C=O.CC(C)(C)N1CCCC1.CO.COc1ccc(B2OC(C)(C)C(C)(C)O2)cc1. The molecule has 2 aliphatic heterocycles. The molecule has 0 aromatic heterocycles. The Balaban J connectivity index is 0.000000547. The average molecular weight is 423 g/mol. The fourth-order valence-corrected chi connectivity index (χ4v) is 3.13. The highest BCUT2D eigenvalue weighted by Crippen LogP contribution is 2.36. The summed E-state index contributed by atoms with van der Waals surface area (Å²) in [6.45, 7) is 19.7. The van der Waals surface area contributed by atoms with Crippen LogP contribution in [0, 0.1) is 0 Å². The summed E-state index contributed by atoms with van der Waals surface area (Å²) in [4.78, 5) is 10.5. The van der Waals surface area contributed by atoms with Crippen molar-refractivity contribution >= 4 is 19.4 Å². The number of likely N-dealkylation sites (tertiary alicyclic amines) is 1. The molecule has 7 heteroatoms. The van der Waals surface area contributed by atoms with Crippen molar-refractivity contribution in [3.05, 3.63) is 24.3 Å². The van der Waals surface area contributed by atoms with E-state index in [-0.39, 0.29) is 18.3 Å². The number of aliphatic hydroxyl groups is 1. The zero-order valence-electron chi connectivity index (χ0n) is 20.4. The van der Waals surface area contributed by atoms with Gasteiger partial charge in [0, 0.05) is 12.6 Å². The normalized spacial score (nSPS) is 19.5. The Labute approximate surface area is 184 Å². The van der Waals surface area contributed by atoms with Gasteiger partial charge in [0.25, 0.3) is 0 Å². The Morgan fingerprint density at radius 1 is 0.967 bits per heavy atom. The number of carbonyl (C=O) groups is 1. The van der Waals surface area contributed by atoms with Gasteiger partial charge in [0.2, 0.25) is 0 Å². The number of hydrogen-bond acceptors (Lipinski definition) is 6. The molecule has 1 aromatic carbocycles. The second-order valence-corrected chi connectivity index (χ2v) is 9.23. The van der Waals surface area contributed by atoms with Crippen LogP contribution in [0.15, 0.2) is 24.3 Å². The molecule has 2 fully saturated rings. The molecule has 2 aliphatic rings. The van der Waals surface area contributed by atoms with Crippen LogP contribution in [0.4, 0.5) is 0 Å². The van der Waals surface area contributed by atoms with Gasteiger partial charge >= 0.3 is 7.12 Å². The van der Waals surface area contributed by atoms with Gasteiger partial charge in [0.05, 0.1) is 18.3 Å². The summed E-state index contributed by atoms with van der Waals surface area (Å²) in [6, 6.07) is 7.78. The monoisotopic (exact) mass is 423 g/mol. The average Bonchev–Trinajstić information content (AvgIpc) is 3.32. The van der Waals surface area contributed by atoms with Gasteiger partial charge < -0.3 is 23.9 Å². The first-order chi connectivity index (χ1) is 14.0. The molecule has 0 amide bonds. The van der Waals surface area contributed by atoms with Crippen LogP contribution < -0.4 is 10.2 Å². The molecular weight excluding hydrogens is 381 g/mol. The van der Waals surface area contributed by atoms with Gasteiger partial charge in [-0.1, -0.05) is 12.1 Å². The van der Waals surface area contributed by atoms with E-state index in [9.17, 15) is 0 Å². The highest BCUT2D eigenvalue weighted by atomic mass is 16.7. The van der Waals surface area contributed by atoms with E-state index in [1.807, 2.05) is 31.1 Å². The van der Waals surface area contributed by atoms with E-state index >= 15 is 0 Å². The minimum absolute atomic E-state index is 0.294. The molecule has 6 nitrogen and oxygen atoms in total. The maximum absolute atomic E-state index is 8.00. The second kappa shape index (κ2) is 12.4. The van der Waals surface area contributed by atoms with Crippen LogP contribution in [0.3, 0.4) is 0 Å². The van der Waals surface area contributed by atoms with Gasteiger partial charge in [-0.2, -0.15) is 0 Å². The topological polar surface area (TPSA) is 68.2 Å². The quantitative estimate of drug-likeness (QED) is 0.737. The van der Waals surface area contributed by atoms with Gasteiger partial charge in [-0.3, -0.25) is 4.90 Å². The van der Waals surface area contributed by atoms with E-state index in [0.29, 0.717) is 5.54 Å². The predicted octanol–water partition coefficient (Wildman–Crippen LogP) is 3.30. The molecule has 0 saturated carbocycles. The Morgan fingerprint density at radius 2 is 1.37 bits per heavy atom. The first-order valence-electron chi connectivity index (χ1n) is 10.4. The first-order valence-corrected chi connectivity index (χ1v) is 10.4. The van der Waals surface area contributed by atoms with E-state index in [1.165, 1.54) is 25.9 Å². The summed E-state index contributed by atoms with van der Waals surface area (Å²) < 4.78 is 17.1. The number of benzene rings is 1. The summed E-state index contributed by atoms with van der Waals surface area (Å²) in [5.74, 6) is 0.838. The summed E-state index contributed by atoms with van der Waals surface area (Å²) in [6.07, 6.45) is 2.80. The van der Waals surface area contributed by atoms with Crippen LogP contribution in [0.2, 0.25) is 0 Å². The standard InChI is InChI=1S/C13H19BO3.C8H17N.CH4O.CH2O/c1-12(2)13(3,4)17-14(16-12)10-6-8-11(15-5)9-7-10;1-8(2,3)9-6-4-5-7-9;2*1-2/h6-9H,1-5H3;4-7H2,1-3H3;2H,1H3;1H2. The minimum atomic E-state index is -0.300. The molecule has 0 spiro atoms. The molecule has 30 heavy (non-hydrogen) atoms. The lowest BCUT2D eigenvalue weighted by molar-refractivity contribution is -0.0980. The third-order valence-corrected chi connectivity index (χ3v) is 5.70. The molecule has 3 rings (SSSR count). The maximum Gasteiger partial charge on any atom is 0.494 e. The van der Waals surface area contributed by atoms with E-state index in [2.05, 4.69) is 53.4 Å². The fraction of sp³-hybridized carbons (Fsp3) is 0.696. The molecule has 0 radical (unpaired) electrons. The molecular formula is C23H42BNO5. The van der Waals surface area contributed by atoms with Crippen molar-refractivity contribution in [2.75, 3.05) is 27.3 Å². The molecule has 0 unspecified atom stereocenters.